The highest BCUT2D eigenvalue weighted by atomic mass is 79.9. The first kappa shape index (κ1) is 15.2. The van der Waals surface area contributed by atoms with Gasteiger partial charge in [0, 0.05) is 17.1 Å². The third-order valence-corrected chi connectivity index (χ3v) is 3.85. The van der Waals surface area contributed by atoms with Crippen molar-refractivity contribution in [1.82, 2.24) is 0 Å². The van der Waals surface area contributed by atoms with Crippen molar-refractivity contribution in [3.05, 3.63) is 69.4 Å². The van der Waals surface area contributed by atoms with Crippen molar-refractivity contribution in [3.8, 4) is 0 Å². The van der Waals surface area contributed by atoms with Crippen LogP contribution in [0.15, 0.2) is 46.9 Å². The summed E-state index contributed by atoms with van der Waals surface area (Å²) in [4.78, 5) is 0. The van der Waals surface area contributed by atoms with Gasteiger partial charge in [0.1, 0.15) is 11.9 Å². The van der Waals surface area contributed by atoms with Crippen LogP contribution in [0.4, 0.5) is 4.39 Å². The molecule has 2 aromatic carbocycles. The van der Waals surface area contributed by atoms with Crippen molar-refractivity contribution >= 4 is 15.9 Å². The van der Waals surface area contributed by atoms with E-state index in [9.17, 15) is 9.50 Å². The second-order valence-corrected chi connectivity index (χ2v) is 5.38. The first-order valence-corrected chi connectivity index (χ1v) is 7.12. The maximum Gasteiger partial charge on any atom is 0.130 e. The Bertz CT molecular complexity index is 549. The van der Waals surface area contributed by atoms with E-state index < -0.39 is 11.9 Å². The lowest BCUT2D eigenvalue weighted by molar-refractivity contribution is 0.202. The number of benzene rings is 2. The van der Waals surface area contributed by atoms with E-state index in [1.807, 2.05) is 24.3 Å². The van der Waals surface area contributed by atoms with E-state index in [0.29, 0.717) is 16.6 Å². The van der Waals surface area contributed by atoms with Crippen LogP contribution < -0.4 is 0 Å². The van der Waals surface area contributed by atoms with Crippen molar-refractivity contribution in [3.63, 3.8) is 0 Å². The van der Waals surface area contributed by atoms with Gasteiger partial charge in [-0.05, 0) is 29.7 Å². The molecule has 0 fully saturated rings. The standard InChI is InChI=1S/C16H16BrFO2/c1-20-10-9-11-5-7-12(8-6-11)16(19)15-13(17)3-2-4-14(15)18/h2-8,16,19H,9-10H2,1H3. The number of hydrogen-bond donors (Lipinski definition) is 1. The molecule has 0 spiro atoms. The Hall–Kier alpha value is -1.23. The normalized spacial score (nSPS) is 12.4. The molecule has 1 atom stereocenters. The Labute approximate surface area is 126 Å². The predicted octanol–water partition coefficient (Wildman–Crippen LogP) is 3.86. The molecule has 2 nitrogen and oxygen atoms in total. The molecule has 0 heterocycles. The van der Waals surface area contributed by atoms with Gasteiger partial charge in [-0.15, -0.1) is 0 Å². The lowest BCUT2D eigenvalue weighted by atomic mass is 9.99. The number of hydrogen-bond acceptors (Lipinski definition) is 2. The molecule has 0 saturated carbocycles. The Morgan fingerprint density at radius 3 is 2.50 bits per heavy atom. The summed E-state index contributed by atoms with van der Waals surface area (Å²) < 4.78 is 19.4. The minimum Gasteiger partial charge on any atom is -0.384 e. The smallest absolute Gasteiger partial charge is 0.130 e. The van der Waals surface area contributed by atoms with Gasteiger partial charge in [0.25, 0.3) is 0 Å². The van der Waals surface area contributed by atoms with Crippen molar-refractivity contribution in [2.24, 2.45) is 0 Å². The predicted molar refractivity (Wildman–Crippen MR) is 80.2 cm³/mol. The molecule has 20 heavy (non-hydrogen) atoms. The van der Waals surface area contributed by atoms with Gasteiger partial charge in [-0.25, -0.2) is 4.39 Å². The molecule has 106 valence electrons. The third-order valence-electron chi connectivity index (χ3n) is 3.16. The molecule has 2 rings (SSSR count). The minimum atomic E-state index is -0.984. The maximum atomic E-state index is 13.8. The Kier molecular flexibility index (Phi) is 5.29. The third kappa shape index (κ3) is 3.45. The molecule has 0 radical (unpaired) electrons. The molecule has 0 amide bonds. The molecule has 4 heteroatoms. The van der Waals surface area contributed by atoms with E-state index in [1.54, 1.807) is 19.2 Å². The fraction of sp³-hybridized carbons (Fsp3) is 0.250. The van der Waals surface area contributed by atoms with Gasteiger partial charge in [0.15, 0.2) is 0 Å². The Morgan fingerprint density at radius 2 is 1.90 bits per heavy atom. The van der Waals surface area contributed by atoms with Gasteiger partial charge in [-0.2, -0.15) is 0 Å². The average Bonchev–Trinajstić information content (AvgIpc) is 2.45. The molecule has 1 unspecified atom stereocenters. The van der Waals surface area contributed by atoms with Crippen LogP contribution in [-0.2, 0) is 11.2 Å². The highest BCUT2D eigenvalue weighted by molar-refractivity contribution is 9.10. The summed E-state index contributed by atoms with van der Waals surface area (Å²) >= 11 is 3.28. The fourth-order valence-electron chi connectivity index (χ4n) is 2.03. The highest BCUT2D eigenvalue weighted by Gasteiger charge is 2.17. The van der Waals surface area contributed by atoms with Crippen LogP contribution in [0.3, 0.4) is 0 Å². The topological polar surface area (TPSA) is 29.5 Å². The van der Waals surface area contributed by atoms with Crippen LogP contribution in [0.5, 0.6) is 0 Å². The number of aliphatic hydroxyl groups excluding tert-OH is 1. The maximum absolute atomic E-state index is 13.8. The van der Waals surface area contributed by atoms with E-state index in [0.717, 1.165) is 12.0 Å². The van der Waals surface area contributed by atoms with Gasteiger partial charge in [-0.1, -0.05) is 46.3 Å². The monoisotopic (exact) mass is 338 g/mol. The van der Waals surface area contributed by atoms with E-state index in [-0.39, 0.29) is 5.56 Å². The van der Waals surface area contributed by atoms with Crippen LogP contribution in [0.25, 0.3) is 0 Å². The first-order chi connectivity index (χ1) is 9.63. The zero-order valence-electron chi connectivity index (χ0n) is 11.1. The van der Waals surface area contributed by atoms with Crippen LogP contribution >= 0.6 is 15.9 Å². The lowest BCUT2D eigenvalue weighted by Crippen LogP contribution is -2.04. The molecule has 0 aliphatic rings. The quantitative estimate of drug-likeness (QED) is 0.896. The molecular formula is C16H16BrFO2. The van der Waals surface area contributed by atoms with Crippen LogP contribution in [0.2, 0.25) is 0 Å². The second-order valence-electron chi connectivity index (χ2n) is 4.52. The molecule has 0 aliphatic heterocycles. The van der Waals surface area contributed by atoms with E-state index in [4.69, 9.17) is 4.74 Å². The number of rotatable bonds is 5. The number of methoxy groups -OCH3 is 1. The zero-order chi connectivity index (χ0) is 14.5. The fourth-order valence-corrected chi connectivity index (χ4v) is 2.58. The molecule has 0 bridgehead atoms. The summed E-state index contributed by atoms with van der Waals surface area (Å²) in [6, 6.07) is 12.1. The van der Waals surface area contributed by atoms with Crippen LogP contribution in [0.1, 0.15) is 22.8 Å². The van der Waals surface area contributed by atoms with Gasteiger partial charge < -0.3 is 9.84 Å². The van der Waals surface area contributed by atoms with Crippen molar-refractivity contribution in [1.29, 1.82) is 0 Å². The van der Waals surface area contributed by atoms with Crippen molar-refractivity contribution < 1.29 is 14.2 Å². The molecule has 2 aromatic rings. The summed E-state index contributed by atoms with van der Waals surface area (Å²) in [6.45, 7) is 0.654. The van der Waals surface area contributed by atoms with Crippen LogP contribution in [0, 0.1) is 5.82 Å². The second kappa shape index (κ2) is 6.97. The first-order valence-electron chi connectivity index (χ1n) is 6.33. The summed E-state index contributed by atoms with van der Waals surface area (Å²) in [5.74, 6) is -0.421. The van der Waals surface area contributed by atoms with E-state index in [2.05, 4.69) is 15.9 Å². The van der Waals surface area contributed by atoms with Gasteiger partial charge in [-0.3, -0.25) is 0 Å². The Morgan fingerprint density at radius 1 is 1.20 bits per heavy atom. The lowest BCUT2D eigenvalue weighted by Gasteiger charge is -2.14. The minimum absolute atomic E-state index is 0.261. The van der Waals surface area contributed by atoms with Crippen LogP contribution in [-0.4, -0.2) is 18.8 Å². The zero-order valence-corrected chi connectivity index (χ0v) is 12.7. The van der Waals surface area contributed by atoms with Crippen molar-refractivity contribution in [2.45, 2.75) is 12.5 Å². The highest BCUT2D eigenvalue weighted by Crippen LogP contribution is 2.30. The molecular weight excluding hydrogens is 323 g/mol. The summed E-state index contributed by atoms with van der Waals surface area (Å²) in [5, 5.41) is 10.3. The largest absolute Gasteiger partial charge is 0.384 e. The van der Waals surface area contributed by atoms with Crippen molar-refractivity contribution in [2.75, 3.05) is 13.7 Å². The molecule has 1 N–H and O–H groups in total. The van der Waals surface area contributed by atoms with Gasteiger partial charge in [0.05, 0.1) is 6.61 Å². The van der Waals surface area contributed by atoms with E-state index >= 15 is 0 Å². The van der Waals surface area contributed by atoms with E-state index in [1.165, 1.54) is 6.07 Å². The summed E-state index contributed by atoms with van der Waals surface area (Å²) in [6.07, 6.45) is -0.168. The van der Waals surface area contributed by atoms with Gasteiger partial charge >= 0.3 is 0 Å². The molecule has 0 aliphatic carbocycles. The van der Waals surface area contributed by atoms with Gasteiger partial charge in [0.2, 0.25) is 0 Å². The number of halogens is 2. The Balaban J connectivity index is 2.23. The average molecular weight is 339 g/mol. The SMILES string of the molecule is COCCc1ccc(C(O)c2c(F)cccc2Br)cc1. The summed E-state index contributed by atoms with van der Waals surface area (Å²) in [7, 11) is 1.66. The number of ether oxygens (including phenoxy) is 1. The summed E-state index contributed by atoms with van der Waals surface area (Å²) in [5.41, 5.74) is 2.05. The number of aliphatic hydroxyl groups is 1. The molecule has 0 saturated heterocycles. The molecule has 0 aromatic heterocycles.